The van der Waals surface area contributed by atoms with Crippen molar-refractivity contribution in [3.8, 4) is 5.75 Å². The molecule has 0 aliphatic carbocycles. The van der Waals surface area contributed by atoms with Gasteiger partial charge in [-0.15, -0.1) is 0 Å². The number of nitrogens with two attached hydrogens (primary N) is 1. The standard InChI is InChI=1S/C12H17NO/c1-3-9-14-12-8-6-5-7-10(12)11(13)4-2/h3,5-8,11H,1,4,9,13H2,2H3/t11-/m0/s1. The predicted octanol–water partition coefficient (Wildman–Crippen LogP) is 2.66. The minimum Gasteiger partial charge on any atom is -0.489 e. The van der Waals surface area contributed by atoms with E-state index in [0.717, 1.165) is 17.7 Å². The van der Waals surface area contributed by atoms with E-state index in [0.29, 0.717) is 6.61 Å². The van der Waals surface area contributed by atoms with Crippen molar-refractivity contribution in [2.75, 3.05) is 6.61 Å². The topological polar surface area (TPSA) is 35.2 Å². The van der Waals surface area contributed by atoms with Gasteiger partial charge < -0.3 is 10.5 Å². The molecule has 1 atom stereocenters. The third-order valence-electron chi connectivity index (χ3n) is 2.11. The Morgan fingerprint density at radius 3 is 2.86 bits per heavy atom. The Labute approximate surface area is 85.4 Å². The van der Waals surface area contributed by atoms with Gasteiger partial charge in [0.05, 0.1) is 0 Å². The summed E-state index contributed by atoms with van der Waals surface area (Å²) in [7, 11) is 0. The smallest absolute Gasteiger partial charge is 0.124 e. The Bertz CT molecular complexity index is 296. The average Bonchev–Trinajstić information content (AvgIpc) is 2.25. The molecule has 0 aliphatic heterocycles. The molecule has 0 amide bonds. The SMILES string of the molecule is C=CCOc1ccccc1[C@@H](N)CC. The van der Waals surface area contributed by atoms with Crippen molar-refractivity contribution >= 4 is 0 Å². The van der Waals surface area contributed by atoms with Crippen LogP contribution < -0.4 is 10.5 Å². The summed E-state index contributed by atoms with van der Waals surface area (Å²) in [5.74, 6) is 0.863. The van der Waals surface area contributed by atoms with Crippen LogP contribution in [0.25, 0.3) is 0 Å². The van der Waals surface area contributed by atoms with Gasteiger partial charge in [0.25, 0.3) is 0 Å². The quantitative estimate of drug-likeness (QED) is 0.726. The van der Waals surface area contributed by atoms with Crippen molar-refractivity contribution in [2.24, 2.45) is 5.73 Å². The second-order valence-corrected chi connectivity index (χ2v) is 3.15. The molecule has 0 aromatic heterocycles. The fourth-order valence-electron chi connectivity index (χ4n) is 1.29. The molecule has 0 spiro atoms. The molecule has 14 heavy (non-hydrogen) atoms. The number of ether oxygens (including phenoxy) is 1. The summed E-state index contributed by atoms with van der Waals surface area (Å²) in [4.78, 5) is 0. The van der Waals surface area contributed by atoms with E-state index in [4.69, 9.17) is 10.5 Å². The van der Waals surface area contributed by atoms with E-state index in [1.54, 1.807) is 6.08 Å². The van der Waals surface area contributed by atoms with Gasteiger partial charge in [-0.05, 0) is 12.5 Å². The zero-order valence-corrected chi connectivity index (χ0v) is 8.57. The number of para-hydroxylation sites is 1. The predicted molar refractivity (Wildman–Crippen MR) is 59.4 cm³/mol. The van der Waals surface area contributed by atoms with Gasteiger partial charge in [0.1, 0.15) is 12.4 Å². The minimum atomic E-state index is 0.0519. The van der Waals surface area contributed by atoms with Gasteiger partial charge in [-0.2, -0.15) is 0 Å². The molecule has 0 aliphatic rings. The lowest BCUT2D eigenvalue weighted by atomic mass is 10.0. The van der Waals surface area contributed by atoms with Gasteiger partial charge in [0, 0.05) is 11.6 Å². The van der Waals surface area contributed by atoms with Crippen LogP contribution in [-0.2, 0) is 0 Å². The van der Waals surface area contributed by atoms with Crippen LogP contribution in [0, 0.1) is 0 Å². The van der Waals surface area contributed by atoms with Gasteiger partial charge in [-0.25, -0.2) is 0 Å². The molecule has 0 saturated carbocycles. The average molecular weight is 191 g/mol. The lowest BCUT2D eigenvalue weighted by Gasteiger charge is -2.14. The first-order valence-electron chi connectivity index (χ1n) is 4.87. The number of rotatable bonds is 5. The summed E-state index contributed by atoms with van der Waals surface area (Å²) in [6.07, 6.45) is 2.64. The molecular weight excluding hydrogens is 174 g/mol. The largest absolute Gasteiger partial charge is 0.489 e. The zero-order valence-electron chi connectivity index (χ0n) is 8.57. The molecular formula is C12H17NO. The molecule has 2 heteroatoms. The first-order valence-corrected chi connectivity index (χ1v) is 4.87. The molecule has 0 fully saturated rings. The van der Waals surface area contributed by atoms with Crippen LogP contribution in [0.15, 0.2) is 36.9 Å². The van der Waals surface area contributed by atoms with Crippen molar-refractivity contribution in [1.82, 2.24) is 0 Å². The molecule has 2 N–H and O–H groups in total. The first-order chi connectivity index (χ1) is 6.79. The normalized spacial score (nSPS) is 12.1. The highest BCUT2D eigenvalue weighted by molar-refractivity contribution is 5.35. The highest BCUT2D eigenvalue weighted by Gasteiger charge is 2.08. The van der Waals surface area contributed by atoms with Crippen LogP contribution >= 0.6 is 0 Å². The summed E-state index contributed by atoms with van der Waals surface area (Å²) in [5, 5.41) is 0. The van der Waals surface area contributed by atoms with E-state index in [-0.39, 0.29) is 6.04 Å². The summed E-state index contributed by atoms with van der Waals surface area (Å²) in [6.45, 7) is 6.20. The molecule has 0 unspecified atom stereocenters. The van der Waals surface area contributed by atoms with Crippen LogP contribution in [0.3, 0.4) is 0 Å². The van der Waals surface area contributed by atoms with Crippen molar-refractivity contribution in [3.05, 3.63) is 42.5 Å². The molecule has 0 heterocycles. The zero-order chi connectivity index (χ0) is 10.4. The Morgan fingerprint density at radius 1 is 1.50 bits per heavy atom. The van der Waals surface area contributed by atoms with Gasteiger partial charge in [0.2, 0.25) is 0 Å². The molecule has 2 nitrogen and oxygen atoms in total. The fraction of sp³-hybridized carbons (Fsp3) is 0.333. The van der Waals surface area contributed by atoms with Crippen LogP contribution in [0.5, 0.6) is 5.75 Å². The molecule has 0 saturated heterocycles. The lowest BCUT2D eigenvalue weighted by Crippen LogP contribution is -2.10. The lowest BCUT2D eigenvalue weighted by molar-refractivity contribution is 0.356. The van der Waals surface area contributed by atoms with Crippen LogP contribution in [0.4, 0.5) is 0 Å². The van der Waals surface area contributed by atoms with Crippen molar-refractivity contribution in [1.29, 1.82) is 0 Å². The maximum atomic E-state index is 5.96. The van der Waals surface area contributed by atoms with Crippen LogP contribution in [0.1, 0.15) is 24.9 Å². The monoisotopic (exact) mass is 191 g/mol. The van der Waals surface area contributed by atoms with E-state index >= 15 is 0 Å². The van der Waals surface area contributed by atoms with Crippen LogP contribution in [-0.4, -0.2) is 6.61 Å². The van der Waals surface area contributed by atoms with Gasteiger partial charge >= 0.3 is 0 Å². The fourth-order valence-corrected chi connectivity index (χ4v) is 1.29. The third kappa shape index (κ3) is 2.60. The van der Waals surface area contributed by atoms with E-state index in [1.165, 1.54) is 0 Å². The summed E-state index contributed by atoms with van der Waals surface area (Å²) >= 11 is 0. The number of hydrogen-bond donors (Lipinski definition) is 1. The van der Waals surface area contributed by atoms with E-state index < -0.39 is 0 Å². The van der Waals surface area contributed by atoms with Crippen LogP contribution in [0.2, 0.25) is 0 Å². The summed E-state index contributed by atoms with van der Waals surface area (Å²) in [6, 6.07) is 7.92. The van der Waals surface area contributed by atoms with E-state index in [9.17, 15) is 0 Å². The van der Waals surface area contributed by atoms with E-state index in [1.807, 2.05) is 24.3 Å². The van der Waals surface area contributed by atoms with Gasteiger partial charge in [-0.3, -0.25) is 0 Å². The number of hydrogen-bond acceptors (Lipinski definition) is 2. The van der Waals surface area contributed by atoms with Crippen molar-refractivity contribution < 1.29 is 4.74 Å². The molecule has 76 valence electrons. The Morgan fingerprint density at radius 2 is 2.21 bits per heavy atom. The number of benzene rings is 1. The molecule has 0 radical (unpaired) electrons. The van der Waals surface area contributed by atoms with E-state index in [2.05, 4.69) is 13.5 Å². The van der Waals surface area contributed by atoms with Gasteiger partial charge in [-0.1, -0.05) is 37.8 Å². The maximum Gasteiger partial charge on any atom is 0.124 e. The third-order valence-corrected chi connectivity index (χ3v) is 2.11. The maximum absolute atomic E-state index is 5.96. The van der Waals surface area contributed by atoms with Crippen molar-refractivity contribution in [2.45, 2.75) is 19.4 Å². The molecule has 1 aromatic carbocycles. The van der Waals surface area contributed by atoms with Gasteiger partial charge in [0.15, 0.2) is 0 Å². The minimum absolute atomic E-state index is 0.0519. The summed E-state index contributed by atoms with van der Waals surface area (Å²) < 4.78 is 5.51. The second-order valence-electron chi connectivity index (χ2n) is 3.15. The Kier molecular flexibility index (Phi) is 4.20. The van der Waals surface area contributed by atoms with Crippen molar-refractivity contribution in [3.63, 3.8) is 0 Å². The first kappa shape index (κ1) is 10.8. The molecule has 0 bridgehead atoms. The highest BCUT2D eigenvalue weighted by atomic mass is 16.5. The molecule has 1 aromatic rings. The Balaban J connectivity index is 2.84. The molecule has 1 rings (SSSR count). The highest BCUT2D eigenvalue weighted by Crippen LogP contribution is 2.25. The second kappa shape index (κ2) is 5.45. The Hall–Kier alpha value is -1.28. The summed E-state index contributed by atoms with van der Waals surface area (Å²) in [5.41, 5.74) is 7.03.